The molecule has 88 valence electrons. The first-order valence-corrected chi connectivity index (χ1v) is 0. The number of hydrogen-bond acceptors (Lipinski definition) is 0. The molecule has 0 aromatic heterocycles. The minimum Gasteiger partial charge on any atom is -1.00 e. The van der Waals surface area contributed by atoms with Gasteiger partial charge in [-0.15, -0.1) is 24.8 Å². The van der Waals surface area contributed by atoms with E-state index in [-0.39, 0.29) is 150 Å². The summed E-state index contributed by atoms with van der Waals surface area (Å²) in [6.45, 7) is 0. The zero-order chi connectivity index (χ0) is 0. The molecule has 0 rings (SSSR count). The minimum atomic E-state index is 0. The van der Waals surface area contributed by atoms with Crippen molar-refractivity contribution in [1.29, 1.82) is 0 Å². The average Bonchev–Trinajstić information content (AvgIpc) is 0. The van der Waals surface area contributed by atoms with Crippen LogP contribution in [0.4, 0.5) is 0 Å². The SMILES string of the molecule is Cl.Cl.O.O.O.O.O.O.O.O.[Ca+2].[Ca+2].[H-].[H-].[H-].[H-]. The van der Waals surface area contributed by atoms with E-state index in [1.165, 1.54) is 0 Å². The molecule has 0 aliphatic carbocycles. The first kappa shape index (κ1) is 363. The molecule has 8 nitrogen and oxygen atoms in total. The third-order valence-corrected chi connectivity index (χ3v) is 0. The molecule has 0 unspecified atom stereocenters. The van der Waals surface area contributed by atoms with Crippen LogP contribution >= 0.6 is 24.8 Å². The van der Waals surface area contributed by atoms with E-state index in [0.717, 1.165) is 0 Å². The van der Waals surface area contributed by atoms with Gasteiger partial charge in [-0.25, -0.2) is 0 Å². The molecule has 0 aromatic rings. The van der Waals surface area contributed by atoms with E-state index in [4.69, 9.17) is 0 Å². The van der Waals surface area contributed by atoms with Gasteiger partial charge in [-0.1, -0.05) is 0 Å². The molecule has 12 heavy (non-hydrogen) atoms. The third kappa shape index (κ3) is 230. The van der Waals surface area contributed by atoms with Crippen molar-refractivity contribution in [2.75, 3.05) is 0 Å². The zero-order valence-electron chi connectivity index (χ0n) is 10.2. The largest absolute Gasteiger partial charge is 2.00 e. The maximum absolute atomic E-state index is 0. The Morgan fingerprint density at radius 2 is 0.333 bits per heavy atom. The molecule has 0 saturated heterocycles. The Kier molecular flexibility index (Phi) is 8820. The summed E-state index contributed by atoms with van der Waals surface area (Å²) in [5.41, 5.74) is 0. The molecule has 0 atom stereocenters. The Morgan fingerprint density at radius 3 is 0.333 bits per heavy atom. The van der Waals surface area contributed by atoms with Crippen molar-refractivity contribution in [2.45, 2.75) is 0 Å². The van der Waals surface area contributed by atoms with Gasteiger partial charge < -0.3 is 49.5 Å². The summed E-state index contributed by atoms with van der Waals surface area (Å²) in [5.74, 6) is 0. The Bertz CT molecular complexity index is 28.0. The maximum atomic E-state index is 0. The van der Waals surface area contributed by atoms with Gasteiger partial charge >= 0.3 is 75.5 Å². The van der Waals surface area contributed by atoms with Gasteiger partial charge in [-0.2, -0.15) is 0 Å². The summed E-state index contributed by atoms with van der Waals surface area (Å²) in [5, 5.41) is 0. The Hall–Kier alpha value is 2.78. The summed E-state index contributed by atoms with van der Waals surface area (Å²) in [7, 11) is 0. The molecule has 0 bridgehead atoms. The molecule has 0 amide bonds. The first-order valence-electron chi connectivity index (χ1n) is 0. The molecule has 0 heterocycles. The van der Waals surface area contributed by atoms with Crippen LogP contribution in [-0.4, -0.2) is 119 Å². The fraction of sp³-hybridized carbons (Fsp3) is 0. The Morgan fingerprint density at radius 1 is 0.333 bits per heavy atom. The van der Waals surface area contributed by atoms with Gasteiger partial charge in [0.1, 0.15) is 0 Å². The van der Waals surface area contributed by atoms with Gasteiger partial charge in [0.05, 0.1) is 0 Å². The van der Waals surface area contributed by atoms with Gasteiger partial charge in [-0.3, -0.25) is 0 Å². The van der Waals surface area contributed by atoms with Gasteiger partial charge in [0, 0.05) is 0 Å². The van der Waals surface area contributed by atoms with Crippen molar-refractivity contribution in [3.63, 3.8) is 0 Å². The van der Waals surface area contributed by atoms with Crippen molar-refractivity contribution in [3.8, 4) is 0 Å². The van der Waals surface area contributed by atoms with E-state index in [9.17, 15) is 0 Å². The van der Waals surface area contributed by atoms with Crippen LogP contribution in [0.2, 0.25) is 0 Å². The normalized spacial score (nSPS) is 0. The molecule has 0 fully saturated rings. The van der Waals surface area contributed by atoms with Crippen molar-refractivity contribution >= 4 is 100 Å². The molecular weight excluding hydrogens is 279 g/mol. The van der Waals surface area contributed by atoms with Crippen molar-refractivity contribution < 1.29 is 49.5 Å². The third-order valence-electron chi connectivity index (χ3n) is 0. The standard InChI is InChI=1S/2Ca.2ClH.8H2O.4H/h;;2*1H;8*1H2;;;;/q2*+2;;;;;;;;;;;4*-1. The van der Waals surface area contributed by atoms with Crippen molar-refractivity contribution in [1.82, 2.24) is 0 Å². The van der Waals surface area contributed by atoms with Crippen LogP contribution in [0, 0.1) is 0 Å². The molecule has 0 aliphatic rings. The van der Waals surface area contributed by atoms with E-state index in [0.29, 0.717) is 0 Å². The van der Waals surface area contributed by atoms with Crippen molar-refractivity contribution in [2.24, 2.45) is 0 Å². The molecule has 12 heteroatoms. The van der Waals surface area contributed by atoms with Crippen LogP contribution in [0.1, 0.15) is 5.71 Å². The summed E-state index contributed by atoms with van der Waals surface area (Å²) >= 11 is 0. The van der Waals surface area contributed by atoms with Gasteiger partial charge in [-0.05, 0) is 0 Å². The van der Waals surface area contributed by atoms with E-state index in [2.05, 4.69) is 0 Å². The van der Waals surface area contributed by atoms with Crippen molar-refractivity contribution in [3.05, 3.63) is 0 Å². The summed E-state index contributed by atoms with van der Waals surface area (Å²) in [6.07, 6.45) is 0. The monoisotopic (exact) mass is 300 g/mol. The molecule has 0 spiro atoms. The van der Waals surface area contributed by atoms with E-state index < -0.39 is 0 Å². The number of hydrogen-bond donors (Lipinski definition) is 0. The fourth-order valence-corrected chi connectivity index (χ4v) is 0. The van der Waals surface area contributed by atoms with Gasteiger partial charge in [0.15, 0.2) is 0 Å². The topological polar surface area (TPSA) is 252 Å². The molecule has 0 aliphatic heterocycles. The van der Waals surface area contributed by atoms with Crippen LogP contribution in [0.25, 0.3) is 0 Å². The second kappa shape index (κ2) is 291. The molecular formula is H22Ca2Cl2O8. The minimum absolute atomic E-state index is 0. The Balaban J connectivity index is 0. The quantitative estimate of drug-likeness (QED) is 0.378. The fourth-order valence-electron chi connectivity index (χ4n) is 0. The van der Waals surface area contributed by atoms with Crippen LogP contribution in [0.5, 0.6) is 0 Å². The molecule has 0 aromatic carbocycles. The Labute approximate surface area is 148 Å². The van der Waals surface area contributed by atoms with Crippen LogP contribution < -0.4 is 0 Å². The first-order chi connectivity index (χ1) is 0. The van der Waals surface area contributed by atoms with E-state index >= 15 is 0 Å². The molecule has 0 saturated carbocycles. The average molecular weight is 301 g/mol. The number of rotatable bonds is 0. The number of halogens is 2. The summed E-state index contributed by atoms with van der Waals surface area (Å²) in [4.78, 5) is 0. The second-order valence-corrected chi connectivity index (χ2v) is 0. The zero-order valence-corrected chi connectivity index (χ0v) is 12.3. The summed E-state index contributed by atoms with van der Waals surface area (Å²) in [6, 6.07) is 0. The predicted octanol–water partition coefficient (Wildman–Crippen LogP) is -6.07. The predicted molar refractivity (Wildman–Crippen MR) is 59.4 cm³/mol. The maximum Gasteiger partial charge on any atom is 2.00 e. The van der Waals surface area contributed by atoms with Crippen LogP contribution in [0.3, 0.4) is 0 Å². The van der Waals surface area contributed by atoms with E-state index in [1.54, 1.807) is 0 Å². The van der Waals surface area contributed by atoms with Crippen LogP contribution in [0.15, 0.2) is 0 Å². The van der Waals surface area contributed by atoms with Gasteiger partial charge in [0.2, 0.25) is 0 Å². The molecule has 0 radical (unpaired) electrons. The second-order valence-electron chi connectivity index (χ2n) is 0. The van der Waals surface area contributed by atoms with Crippen LogP contribution in [-0.2, 0) is 0 Å². The van der Waals surface area contributed by atoms with E-state index in [1.807, 2.05) is 0 Å². The molecule has 16 N–H and O–H groups in total. The smallest absolute Gasteiger partial charge is 1.00 e. The summed E-state index contributed by atoms with van der Waals surface area (Å²) < 4.78 is 0. The van der Waals surface area contributed by atoms with Gasteiger partial charge in [0.25, 0.3) is 0 Å².